The molecule has 0 fully saturated rings. The van der Waals surface area contributed by atoms with E-state index in [1.807, 2.05) is 12.2 Å². The van der Waals surface area contributed by atoms with E-state index in [0.717, 1.165) is 57.7 Å². The van der Waals surface area contributed by atoms with Gasteiger partial charge in [0.25, 0.3) is 0 Å². The van der Waals surface area contributed by atoms with Crippen molar-refractivity contribution in [3.8, 4) is 0 Å². The Hall–Kier alpha value is -1.62. The second kappa shape index (κ2) is 7.95. The van der Waals surface area contributed by atoms with Gasteiger partial charge in [0.2, 0.25) is 0 Å². The first-order valence-electron chi connectivity index (χ1n) is 8.14. The molecule has 0 amide bonds. The quantitative estimate of drug-likeness (QED) is 0.444. The Morgan fingerprint density at radius 2 is 1.04 bits per heavy atom. The zero-order chi connectivity index (χ0) is 15.9. The van der Waals surface area contributed by atoms with Crippen LogP contribution in [0.15, 0.2) is 48.5 Å². The van der Waals surface area contributed by atoms with Crippen molar-refractivity contribution >= 4 is 63.8 Å². The first-order valence-corrected chi connectivity index (χ1v) is 8.14. The van der Waals surface area contributed by atoms with Gasteiger partial charge in [-0.3, -0.25) is 4.98 Å². The summed E-state index contributed by atoms with van der Waals surface area (Å²) in [6, 6.07) is 16.7. The average Bonchev–Trinajstić information content (AvgIpc) is 3.32. The van der Waals surface area contributed by atoms with Crippen LogP contribution >= 0.6 is 0 Å². The zero-order valence-corrected chi connectivity index (χ0v) is 14.3. The maximum atomic E-state index is 4.75. The second-order valence-corrected chi connectivity index (χ2v) is 6.20. The molecule has 129 valence electrons. The molecule has 5 rings (SSSR count). The van der Waals surface area contributed by atoms with Gasteiger partial charge in [0, 0.05) is 50.5 Å². The zero-order valence-electron chi connectivity index (χ0n) is 13.4. The van der Waals surface area contributed by atoms with Gasteiger partial charge in [0.15, 0.2) is 0 Å². The SMILES string of the molecule is C1=Cc2cc3ccc(cc4nc(cc5ccc(cc1n2)[nH]5)CC4)[nH]3.[Cu].[NaH]. The molecular weight excluding hydrogens is 383 g/mol. The normalized spacial score (nSPS) is 12.3. The molecule has 0 saturated carbocycles. The molecular formula is C20H17CuN4Na. The Labute approximate surface area is 184 Å². The molecule has 0 spiro atoms. The third kappa shape index (κ3) is 4.03. The van der Waals surface area contributed by atoms with Crippen molar-refractivity contribution in [2.75, 3.05) is 0 Å². The Bertz CT molecular complexity index is 1040. The molecule has 4 nitrogen and oxygen atoms in total. The van der Waals surface area contributed by atoms with Gasteiger partial charge in [-0.1, -0.05) is 0 Å². The summed E-state index contributed by atoms with van der Waals surface area (Å²) in [6.45, 7) is 0. The van der Waals surface area contributed by atoms with E-state index in [-0.39, 0.29) is 46.6 Å². The summed E-state index contributed by atoms with van der Waals surface area (Å²) >= 11 is 0. The van der Waals surface area contributed by atoms with Crippen LogP contribution in [0.3, 0.4) is 0 Å². The van der Waals surface area contributed by atoms with Crippen LogP contribution in [-0.4, -0.2) is 49.5 Å². The number of nitrogens with one attached hydrogen (secondary N) is 2. The fraction of sp³-hybridized carbons (Fsp3) is 0.100. The van der Waals surface area contributed by atoms with E-state index in [1.165, 1.54) is 0 Å². The predicted molar refractivity (Wildman–Crippen MR) is 104 cm³/mol. The van der Waals surface area contributed by atoms with E-state index >= 15 is 0 Å². The van der Waals surface area contributed by atoms with Crippen LogP contribution in [0.5, 0.6) is 0 Å². The Morgan fingerprint density at radius 1 is 0.615 bits per heavy atom. The third-order valence-corrected chi connectivity index (χ3v) is 4.32. The van der Waals surface area contributed by atoms with Crippen LogP contribution in [0.1, 0.15) is 22.8 Å². The minimum atomic E-state index is 0. The Kier molecular flexibility index (Phi) is 5.85. The summed E-state index contributed by atoms with van der Waals surface area (Å²) in [4.78, 5) is 16.2. The maximum absolute atomic E-state index is 4.75. The van der Waals surface area contributed by atoms with Crippen molar-refractivity contribution in [3.63, 3.8) is 0 Å². The Balaban J connectivity index is 0.000000980. The summed E-state index contributed by atoms with van der Waals surface area (Å²) in [5, 5.41) is 0. The van der Waals surface area contributed by atoms with E-state index in [4.69, 9.17) is 4.98 Å². The summed E-state index contributed by atoms with van der Waals surface area (Å²) < 4.78 is 0. The molecule has 2 aliphatic heterocycles. The van der Waals surface area contributed by atoms with E-state index < -0.39 is 0 Å². The summed E-state index contributed by atoms with van der Waals surface area (Å²) in [5.41, 5.74) is 8.40. The van der Waals surface area contributed by atoms with Crippen LogP contribution < -0.4 is 0 Å². The van der Waals surface area contributed by atoms with Gasteiger partial charge >= 0.3 is 29.6 Å². The minimum absolute atomic E-state index is 0. The van der Waals surface area contributed by atoms with Crippen LogP contribution in [0.2, 0.25) is 0 Å². The van der Waals surface area contributed by atoms with Gasteiger partial charge in [-0.15, -0.1) is 0 Å². The van der Waals surface area contributed by atoms with Gasteiger partial charge in [-0.25, -0.2) is 4.98 Å². The Morgan fingerprint density at radius 3 is 1.50 bits per heavy atom. The second-order valence-electron chi connectivity index (χ2n) is 6.20. The molecule has 0 saturated heterocycles. The summed E-state index contributed by atoms with van der Waals surface area (Å²) in [7, 11) is 0. The molecule has 2 aliphatic rings. The van der Waals surface area contributed by atoms with E-state index in [0.29, 0.717) is 0 Å². The van der Waals surface area contributed by atoms with Gasteiger partial charge in [0.05, 0.1) is 11.4 Å². The molecule has 3 aromatic rings. The van der Waals surface area contributed by atoms with Crippen LogP contribution in [-0.2, 0) is 29.9 Å². The summed E-state index contributed by atoms with van der Waals surface area (Å²) in [6.07, 6.45) is 6.03. The molecule has 26 heavy (non-hydrogen) atoms. The van der Waals surface area contributed by atoms with Gasteiger partial charge < -0.3 is 9.97 Å². The molecule has 0 unspecified atom stereocenters. The standard InChI is InChI=1S/C20H16N4.Cu.Na.H/c1-2-14-10-16-5-6-18(23-16)12-20-8-7-19(24-20)11-17-4-3-15(22-17)9-13(1)21-14;;;/h1-6,9-12,22-23H,7-8H2;;;. The van der Waals surface area contributed by atoms with E-state index in [9.17, 15) is 0 Å². The fourth-order valence-corrected chi connectivity index (χ4v) is 3.19. The van der Waals surface area contributed by atoms with Gasteiger partial charge in [0.1, 0.15) is 0 Å². The van der Waals surface area contributed by atoms with Crippen LogP contribution in [0.25, 0.3) is 34.2 Å². The molecule has 0 atom stereocenters. The number of aryl methyl sites for hydroxylation is 2. The number of hydrogen-bond donors (Lipinski definition) is 2. The molecule has 0 aliphatic carbocycles. The molecule has 2 N–H and O–H groups in total. The number of aromatic amines is 2. The fourth-order valence-electron chi connectivity index (χ4n) is 3.19. The van der Waals surface area contributed by atoms with Crippen LogP contribution in [0, 0.1) is 0 Å². The van der Waals surface area contributed by atoms with Crippen molar-refractivity contribution in [2.45, 2.75) is 12.8 Å². The topological polar surface area (TPSA) is 57.4 Å². The van der Waals surface area contributed by atoms with Crippen LogP contribution in [0.4, 0.5) is 0 Å². The van der Waals surface area contributed by atoms with E-state index in [1.54, 1.807) is 0 Å². The number of aromatic nitrogens is 4. The molecule has 0 aromatic carbocycles. The molecule has 6 heteroatoms. The molecule has 3 aromatic heterocycles. The van der Waals surface area contributed by atoms with Crippen molar-refractivity contribution in [1.29, 1.82) is 0 Å². The van der Waals surface area contributed by atoms with E-state index in [2.05, 4.69) is 63.5 Å². The number of rotatable bonds is 0. The number of hydrogen-bond acceptors (Lipinski definition) is 2. The summed E-state index contributed by atoms with van der Waals surface area (Å²) in [5.74, 6) is 0. The van der Waals surface area contributed by atoms with Crippen molar-refractivity contribution in [2.24, 2.45) is 0 Å². The number of H-pyrrole nitrogens is 2. The average molecular weight is 400 g/mol. The van der Waals surface area contributed by atoms with Crippen molar-refractivity contribution in [3.05, 3.63) is 71.3 Å². The molecule has 8 bridgehead atoms. The van der Waals surface area contributed by atoms with Gasteiger partial charge in [-0.05, 0) is 73.5 Å². The monoisotopic (exact) mass is 399 g/mol. The third-order valence-electron chi connectivity index (χ3n) is 4.32. The van der Waals surface area contributed by atoms with Crippen molar-refractivity contribution in [1.82, 2.24) is 19.9 Å². The predicted octanol–water partition coefficient (Wildman–Crippen LogP) is 3.62. The number of nitrogens with zero attached hydrogens (tertiary/aromatic N) is 2. The first-order chi connectivity index (χ1) is 11.8. The molecule has 1 radical (unpaired) electrons. The molecule has 5 heterocycles. The van der Waals surface area contributed by atoms with Crippen molar-refractivity contribution < 1.29 is 17.1 Å². The van der Waals surface area contributed by atoms with Gasteiger partial charge in [-0.2, -0.15) is 0 Å². The number of fused-ring (bicyclic) bond motifs is 8. The first kappa shape index (κ1) is 19.1.